The smallest absolute Gasteiger partial charge is 0.386 e. The molecule has 5 atom stereocenters. The average molecular weight is 758 g/mol. The molecule has 2 aromatic heterocycles. The van der Waals surface area contributed by atoms with Crippen LogP contribution in [-0.2, 0) is 32.2 Å². The minimum atomic E-state index is -3.86. The molecule has 13 nitrogen and oxygen atoms in total. The zero-order valence-corrected chi connectivity index (χ0v) is 32.2. The highest BCUT2D eigenvalue weighted by molar-refractivity contribution is 7.54. The molecule has 15 heteroatoms. The van der Waals surface area contributed by atoms with E-state index in [4.69, 9.17) is 27.7 Å². The Morgan fingerprint density at radius 1 is 0.830 bits per heavy atom. The van der Waals surface area contributed by atoms with Gasteiger partial charge in [0.15, 0.2) is 23.2 Å². The molecule has 2 aliphatic rings. The van der Waals surface area contributed by atoms with Gasteiger partial charge in [-0.2, -0.15) is 0 Å². The number of hydrogen-bond donors (Lipinski definition) is 1. The number of hydrogen-bond acceptors (Lipinski definition) is 11. The number of carbonyl (C=O) groups is 1. The van der Waals surface area contributed by atoms with Crippen molar-refractivity contribution in [1.29, 1.82) is 0 Å². The Kier molecular flexibility index (Phi) is 10.8. The topological polar surface area (TPSA) is 145 Å². The van der Waals surface area contributed by atoms with Crippen molar-refractivity contribution in [3.05, 3.63) is 109 Å². The molecule has 2 saturated heterocycles. The summed E-state index contributed by atoms with van der Waals surface area (Å²) < 4.78 is 54.0. The second-order valence-corrected chi connectivity index (χ2v) is 20.1. The average Bonchev–Trinajstić information content (AvgIpc) is 3.88. The fraction of sp³-hybridized carbons (Fsp3) is 0.368. The summed E-state index contributed by atoms with van der Waals surface area (Å²) in [6.45, 7) is 10.5. The van der Waals surface area contributed by atoms with Crippen LogP contribution in [0.4, 0.5) is 5.82 Å². The third kappa shape index (κ3) is 7.02. The number of amides is 1. The predicted octanol–water partition coefficient (Wildman–Crippen LogP) is 5.89. The van der Waals surface area contributed by atoms with E-state index in [-0.39, 0.29) is 36.6 Å². The van der Waals surface area contributed by atoms with Crippen molar-refractivity contribution in [2.75, 3.05) is 25.1 Å². The van der Waals surface area contributed by atoms with E-state index < -0.39 is 46.5 Å². The van der Waals surface area contributed by atoms with Crippen molar-refractivity contribution in [3.8, 4) is 0 Å². The van der Waals surface area contributed by atoms with Crippen LogP contribution in [-0.4, -0.2) is 77.9 Å². The van der Waals surface area contributed by atoms with Crippen molar-refractivity contribution in [1.82, 2.24) is 19.5 Å². The molecule has 2 fully saturated rings. The number of carbonyl (C=O) groups excluding carboxylic acids is 1. The fourth-order valence-corrected chi connectivity index (χ4v) is 13.4. The number of nitrogens with one attached hydrogen (secondary N) is 1. The number of fused-ring (bicyclic) bond motifs is 2. The minimum absolute atomic E-state index is 0.134. The second-order valence-electron chi connectivity index (χ2n) is 13.8. The maximum absolute atomic E-state index is 14.0. The van der Waals surface area contributed by atoms with Crippen molar-refractivity contribution < 1.29 is 37.0 Å². The van der Waals surface area contributed by atoms with E-state index in [2.05, 4.69) is 65.3 Å². The first-order valence-electron chi connectivity index (χ1n) is 17.7. The number of imidazole rings is 1. The van der Waals surface area contributed by atoms with E-state index >= 15 is 0 Å². The van der Waals surface area contributed by atoms with Crippen LogP contribution in [0.2, 0.25) is 5.04 Å². The molecule has 3 aromatic carbocycles. The van der Waals surface area contributed by atoms with Gasteiger partial charge in [-0.3, -0.25) is 13.9 Å². The molecule has 0 saturated carbocycles. The number of ether oxygens (including phenoxy) is 3. The number of aromatic nitrogens is 4. The summed E-state index contributed by atoms with van der Waals surface area (Å²) in [6.07, 6.45) is -0.112. The van der Waals surface area contributed by atoms with Crippen molar-refractivity contribution in [3.63, 3.8) is 0 Å². The Labute approximate surface area is 309 Å². The Morgan fingerprint density at radius 2 is 1.42 bits per heavy atom. The molecule has 0 unspecified atom stereocenters. The highest BCUT2D eigenvalue weighted by atomic mass is 31.2. The number of benzene rings is 3. The summed E-state index contributed by atoms with van der Waals surface area (Å²) in [6, 6.07) is 28.2. The van der Waals surface area contributed by atoms with E-state index in [0.717, 1.165) is 10.4 Å². The highest BCUT2D eigenvalue weighted by Crippen LogP contribution is 2.59. The minimum Gasteiger partial charge on any atom is -0.405 e. The van der Waals surface area contributed by atoms with Gasteiger partial charge in [0.1, 0.15) is 24.6 Å². The Morgan fingerprint density at radius 3 is 2.00 bits per heavy atom. The maximum atomic E-state index is 14.0. The summed E-state index contributed by atoms with van der Waals surface area (Å²) in [5.74, 6) is -0.0989. The molecule has 0 bridgehead atoms. The Hall–Kier alpha value is -4.11. The summed E-state index contributed by atoms with van der Waals surface area (Å²) in [4.78, 5) is 26.5. The molecule has 0 radical (unpaired) electrons. The van der Waals surface area contributed by atoms with Gasteiger partial charge >= 0.3 is 7.60 Å². The molecule has 2 aliphatic heterocycles. The predicted molar refractivity (Wildman–Crippen MR) is 202 cm³/mol. The first kappa shape index (κ1) is 37.2. The SMILES string of the molecule is CCOP(=O)(OCC)[C@@H]1O[C@@H]2[C@H](O1)[C@@H](CO[Si](c1ccccc1)(c1ccccc1)C(C)(C)C)O[C@H]2n1cnc2c(NC(=O)c3ccccc3)ncnc21. The van der Waals surface area contributed by atoms with Gasteiger partial charge in [0.2, 0.25) is 0 Å². The van der Waals surface area contributed by atoms with Gasteiger partial charge in [0.05, 0.1) is 26.1 Å². The second kappa shape index (κ2) is 15.3. The van der Waals surface area contributed by atoms with Crippen LogP contribution < -0.4 is 15.7 Å². The lowest BCUT2D eigenvalue weighted by molar-refractivity contribution is -0.128. The molecule has 0 spiro atoms. The van der Waals surface area contributed by atoms with E-state index in [1.54, 1.807) is 49.0 Å². The van der Waals surface area contributed by atoms with Crippen molar-refractivity contribution in [2.24, 2.45) is 0 Å². The van der Waals surface area contributed by atoms with Crippen LogP contribution in [0, 0.1) is 0 Å². The molecule has 278 valence electrons. The lowest BCUT2D eigenvalue weighted by Crippen LogP contribution is -2.67. The number of nitrogens with zero attached hydrogens (tertiary/aromatic N) is 4. The standard InChI is InChI=1S/C38H44N5O8PSi/c1-6-46-52(45,47-7-2)37-50-31-29(23-48-53(38(3,4)5,27-19-13-9-14-20-27)28-21-15-10-16-22-28)49-36(32(31)51-37)43-25-41-30-33(39-24-40-34(30)43)42-35(44)26-17-11-8-12-18-26/h8-22,24-25,29,31-32,36-37H,6-7,23H2,1-5H3,(H,39,40,42,44)/t29-,31-,32-,36-,37+/m1/s1. The normalized spacial score (nSPS) is 21.9. The van der Waals surface area contributed by atoms with Gasteiger partial charge in [0, 0.05) is 5.56 Å². The van der Waals surface area contributed by atoms with Crippen LogP contribution in [0.25, 0.3) is 11.2 Å². The molecular formula is C38H44N5O8PSi. The van der Waals surface area contributed by atoms with Gasteiger partial charge in [-0.25, -0.2) is 15.0 Å². The molecule has 1 N–H and O–H groups in total. The molecular weight excluding hydrogens is 714 g/mol. The van der Waals surface area contributed by atoms with Crippen LogP contribution in [0.15, 0.2) is 104 Å². The Bertz CT molecular complexity index is 2020. The van der Waals surface area contributed by atoms with E-state index in [9.17, 15) is 9.36 Å². The van der Waals surface area contributed by atoms with Gasteiger partial charge in [-0.1, -0.05) is 99.6 Å². The quantitative estimate of drug-likeness (QED) is 0.113. The zero-order valence-electron chi connectivity index (χ0n) is 30.3. The van der Waals surface area contributed by atoms with E-state index in [1.807, 2.05) is 42.5 Å². The lowest BCUT2D eigenvalue weighted by atomic mass is 10.1. The molecule has 4 heterocycles. The van der Waals surface area contributed by atoms with E-state index in [0.29, 0.717) is 16.7 Å². The molecule has 1 amide bonds. The largest absolute Gasteiger partial charge is 0.405 e. The van der Waals surface area contributed by atoms with Crippen molar-refractivity contribution >= 4 is 49.2 Å². The van der Waals surface area contributed by atoms with Crippen molar-refractivity contribution in [2.45, 2.75) is 70.2 Å². The molecule has 53 heavy (non-hydrogen) atoms. The first-order chi connectivity index (χ1) is 25.6. The molecule has 7 rings (SSSR count). The maximum Gasteiger partial charge on any atom is 0.386 e. The third-order valence-electron chi connectivity index (χ3n) is 9.49. The molecule has 0 aliphatic carbocycles. The third-order valence-corrected chi connectivity index (χ3v) is 16.5. The van der Waals surface area contributed by atoms with Gasteiger partial charge in [0.25, 0.3) is 20.3 Å². The van der Waals surface area contributed by atoms with Crippen LogP contribution in [0.1, 0.15) is 51.2 Å². The zero-order chi connectivity index (χ0) is 37.2. The van der Waals surface area contributed by atoms with E-state index in [1.165, 1.54) is 6.33 Å². The number of rotatable bonds is 13. The monoisotopic (exact) mass is 757 g/mol. The van der Waals surface area contributed by atoms with Gasteiger partial charge in [-0.15, -0.1) is 0 Å². The van der Waals surface area contributed by atoms with Crippen LogP contribution >= 0.6 is 7.60 Å². The van der Waals surface area contributed by atoms with Gasteiger partial charge < -0.3 is 33.0 Å². The lowest BCUT2D eigenvalue weighted by Gasteiger charge is -2.43. The summed E-state index contributed by atoms with van der Waals surface area (Å²) in [5, 5.41) is 4.79. The summed E-state index contributed by atoms with van der Waals surface area (Å²) >= 11 is 0. The van der Waals surface area contributed by atoms with Crippen LogP contribution in [0.5, 0.6) is 0 Å². The van der Waals surface area contributed by atoms with Crippen LogP contribution in [0.3, 0.4) is 0 Å². The first-order valence-corrected chi connectivity index (χ1v) is 21.3. The summed E-state index contributed by atoms with van der Waals surface area (Å²) in [5.41, 5.74) is 1.22. The molecule has 5 aromatic rings. The van der Waals surface area contributed by atoms with Gasteiger partial charge in [-0.05, 0) is 41.4 Å². The number of anilines is 1. The Balaban J connectivity index is 1.25. The fourth-order valence-electron chi connectivity index (χ4n) is 7.21. The summed E-state index contributed by atoms with van der Waals surface area (Å²) in [7, 11) is -6.84. The highest BCUT2D eigenvalue weighted by Gasteiger charge is 2.60.